The highest BCUT2D eigenvalue weighted by Gasteiger charge is 2.69. The van der Waals surface area contributed by atoms with Crippen molar-refractivity contribution in [1.82, 2.24) is 9.80 Å². The highest BCUT2D eigenvalue weighted by Crippen LogP contribution is 2.52. The first-order chi connectivity index (χ1) is 21.4. The number of likely N-dealkylation sites (N-methyl/N-ethyl adjacent to an activating group) is 1. The number of Topliss-reactive ketones (excluding diaryl/α,β-unsaturated/α-hetero) is 4. The summed E-state index contributed by atoms with van der Waals surface area (Å²) in [7, 11) is 4.74. The molecule has 3 fully saturated rings. The molecule has 3 aliphatic carbocycles. The highest BCUT2D eigenvalue weighted by atomic mass is 16.5. The van der Waals surface area contributed by atoms with Crippen molar-refractivity contribution in [3.63, 3.8) is 0 Å². The summed E-state index contributed by atoms with van der Waals surface area (Å²) in [5.41, 5.74) is 5.84. The number of primary amides is 1. The second-order valence-electron chi connectivity index (χ2n) is 13.1. The smallest absolute Gasteiger partial charge is 0.235 e. The lowest BCUT2D eigenvalue weighted by molar-refractivity contribution is -0.181. The van der Waals surface area contributed by atoms with Crippen molar-refractivity contribution in [1.29, 1.82) is 0 Å². The van der Waals surface area contributed by atoms with Crippen LogP contribution in [0.4, 0.5) is 0 Å². The number of ketones is 4. The molecule has 45 heavy (non-hydrogen) atoms. The number of aliphatic hydroxyl groups is 1. The van der Waals surface area contributed by atoms with Gasteiger partial charge >= 0.3 is 0 Å². The van der Waals surface area contributed by atoms with Crippen LogP contribution in [0.5, 0.6) is 11.5 Å². The van der Waals surface area contributed by atoms with Gasteiger partial charge in [0, 0.05) is 12.5 Å². The number of fused-ring (bicyclic) bond motifs is 3. The zero-order chi connectivity index (χ0) is 32.4. The van der Waals surface area contributed by atoms with Crippen molar-refractivity contribution in [2.45, 2.75) is 50.3 Å². The van der Waals surface area contributed by atoms with E-state index in [9.17, 15) is 34.2 Å². The second-order valence-corrected chi connectivity index (χ2v) is 13.1. The Morgan fingerprint density at radius 2 is 1.73 bits per heavy atom. The fourth-order valence-corrected chi connectivity index (χ4v) is 8.31. The molecule has 1 amide bonds. The predicted octanol–water partition coefficient (Wildman–Crippen LogP) is 1.53. The van der Waals surface area contributed by atoms with Gasteiger partial charge in [0.25, 0.3) is 0 Å². The summed E-state index contributed by atoms with van der Waals surface area (Å²) >= 11 is 0. The number of carbonyl (C=O) groups is 5. The number of ether oxygens (including phenoxy) is 1. The van der Waals surface area contributed by atoms with Crippen LogP contribution in [-0.2, 0) is 32.1 Å². The van der Waals surface area contributed by atoms with Gasteiger partial charge in [0.1, 0.15) is 11.5 Å². The van der Waals surface area contributed by atoms with Crippen LogP contribution in [0.2, 0.25) is 0 Å². The molecule has 0 aromatic heterocycles. The van der Waals surface area contributed by atoms with Crippen LogP contribution in [-0.4, -0.2) is 95.0 Å². The number of nitrogens with two attached hydrogens (primary N) is 1. The lowest BCUT2D eigenvalue weighted by Crippen LogP contribution is -2.74. The van der Waals surface area contributed by atoms with Crippen LogP contribution in [0.3, 0.4) is 0 Å². The Hall–Kier alpha value is -3.93. The Balaban J connectivity index is 1.46. The molecule has 2 aromatic rings. The Morgan fingerprint density at radius 3 is 2.38 bits per heavy atom. The van der Waals surface area contributed by atoms with Crippen LogP contribution in [0.15, 0.2) is 30.3 Å². The van der Waals surface area contributed by atoms with Gasteiger partial charge in [0.15, 0.2) is 34.7 Å². The number of methoxy groups -OCH3 is 1. The molecule has 238 valence electrons. The molecule has 11 heteroatoms. The number of rotatable bonds is 6. The number of aromatic hydroxyl groups is 1. The molecular weight excluding hydrogens is 578 g/mol. The number of carbonyl (C=O) groups excluding carboxylic acids is 5. The fraction of sp³-hybridized carbons (Fsp3) is 0.500. The van der Waals surface area contributed by atoms with E-state index in [1.807, 2.05) is 18.2 Å². The quantitative estimate of drug-likeness (QED) is 0.405. The van der Waals surface area contributed by atoms with E-state index >= 15 is 0 Å². The Bertz CT molecular complexity index is 1610. The third-order valence-electron chi connectivity index (χ3n) is 10.4. The van der Waals surface area contributed by atoms with Crippen LogP contribution in [0.1, 0.15) is 47.2 Å². The maximum Gasteiger partial charge on any atom is 0.235 e. The van der Waals surface area contributed by atoms with E-state index in [0.717, 1.165) is 42.6 Å². The number of hydrogen-bond donors (Lipinski definition) is 3. The van der Waals surface area contributed by atoms with Crippen LogP contribution in [0.25, 0.3) is 11.1 Å². The van der Waals surface area contributed by atoms with Crippen LogP contribution >= 0.6 is 0 Å². The Morgan fingerprint density at radius 1 is 1.04 bits per heavy atom. The summed E-state index contributed by atoms with van der Waals surface area (Å²) in [5, 5.41) is 22.8. The Kier molecular flexibility index (Phi) is 7.91. The number of benzene rings is 2. The van der Waals surface area contributed by atoms with Gasteiger partial charge in [-0.05, 0) is 99.2 Å². The first-order valence-corrected chi connectivity index (χ1v) is 15.5. The first kappa shape index (κ1) is 31.1. The molecule has 1 heterocycles. The van der Waals surface area contributed by atoms with Gasteiger partial charge in [-0.2, -0.15) is 0 Å². The molecule has 4 aliphatic rings. The van der Waals surface area contributed by atoms with Gasteiger partial charge in [-0.15, -0.1) is 0 Å². The number of likely N-dealkylation sites (tertiary alicyclic amines) is 1. The average Bonchev–Trinajstić information content (AvgIpc) is 2.99. The lowest BCUT2D eigenvalue weighted by atomic mass is 9.52. The van der Waals surface area contributed by atoms with E-state index in [0.29, 0.717) is 17.9 Å². The molecule has 6 rings (SSSR count). The summed E-state index contributed by atoms with van der Waals surface area (Å²) in [6, 6.07) is 7.84. The molecule has 0 bridgehead atoms. The molecule has 2 aromatic carbocycles. The van der Waals surface area contributed by atoms with Gasteiger partial charge < -0.3 is 20.7 Å². The normalized spacial score (nSPS) is 30.1. The number of amides is 1. The van der Waals surface area contributed by atoms with E-state index in [-0.39, 0.29) is 24.2 Å². The van der Waals surface area contributed by atoms with Crippen molar-refractivity contribution in [3.05, 3.63) is 47.0 Å². The fourth-order valence-electron chi connectivity index (χ4n) is 8.31. The number of piperidine rings is 1. The molecule has 4 N–H and O–H groups in total. The predicted molar refractivity (Wildman–Crippen MR) is 162 cm³/mol. The third kappa shape index (κ3) is 4.79. The zero-order valence-corrected chi connectivity index (χ0v) is 25.7. The van der Waals surface area contributed by atoms with Gasteiger partial charge in [0.05, 0.1) is 24.6 Å². The largest absolute Gasteiger partial charge is 0.507 e. The van der Waals surface area contributed by atoms with E-state index in [2.05, 4.69) is 4.90 Å². The van der Waals surface area contributed by atoms with E-state index < -0.39 is 64.4 Å². The number of hydrogen-bond acceptors (Lipinski definition) is 10. The molecule has 2 unspecified atom stereocenters. The SMILES string of the molecule is COc1ccc(-c2ccc(O)c3c2C[C@H]2C[C@H]4[C@H](N(C)C)C(=O)C(C(N)=O)C(=O)[C@@]4(O)C(=O)C2C3=O)c(CN2CCCCC2)c1. The van der Waals surface area contributed by atoms with Crippen LogP contribution < -0.4 is 10.5 Å². The van der Waals surface area contributed by atoms with E-state index in [4.69, 9.17) is 10.5 Å². The monoisotopic (exact) mass is 617 g/mol. The number of phenolic OH excluding ortho intramolecular Hbond substituents is 1. The molecule has 11 nitrogen and oxygen atoms in total. The molecule has 2 saturated carbocycles. The summed E-state index contributed by atoms with van der Waals surface area (Å²) in [5.74, 6) is -9.89. The summed E-state index contributed by atoms with van der Waals surface area (Å²) in [6.07, 6.45) is 3.63. The first-order valence-electron chi connectivity index (χ1n) is 15.5. The van der Waals surface area contributed by atoms with Gasteiger partial charge in [-0.25, -0.2) is 0 Å². The summed E-state index contributed by atoms with van der Waals surface area (Å²) in [6.45, 7) is 2.62. The molecule has 1 saturated heterocycles. The topological polar surface area (TPSA) is 168 Å². The van der Waals surface area contributed by atoms with Crippen molar-refractivity contribution < 1.29 is 38.9 Å². The van der Waals surface area contributed by atoms with Gasteiger partial charge in [-0.1, -0.05) is 18.6 Å². The standard InChI is InChI=1S/C34H39N3O8/c1-36(2)28-23-15-17-14-22-21(20-8-7-19(45-3)13-18(20)16-37-11-5-4-6-12-37)9-10-24(38)26(22)29(39)25(17)31(41)34(23,44)32(42)27(30(28)40)33(35)43/h7-10,13,17,23,25,27-28,38,44H,4-6,11-12,14-16H2,1-3H3,(H2,35,43)/t17-,23-,25?,27?,28-,34-/m0/s1. The molecule has 6 atom stereocenters. The third-order valence-corrected chi connectivity index (χ3v) is 10.4. The number of phenols is 1. The van der Waals surface area contributed by atoms with Crippen molar-refractivity contribution >= 4 is 29.0 Å². The molecule has 0 radical (unpaired) electrons. The highest BCUT2D eigenvalue weighted by molar-refractivity contribution is 6.32. The molecule has 0 spiro atoms. The van der Waals surface area contributed by atoms with Crippen molar-refractivity contribution in [2.24, 2.45) is 29.4 Å². The zero-order valence-electron chi connectivity index (χ0n) is 25.7. The molecule has 1 aliphatic heterocycles. The minimum absolute atomic E-state index is 0.00222. The van der Waals surface area contributed by atoms with Crippen molar-refractivity contribution in [3.8, 4) is 22.6 Å². The van der Waals surface area contributed by atoms with Crippen LogP contribution in [0, 0.1) is 23.7 Å². The van der Waals surface area contributed by atoms with E-state index in [1.165, 1.54) is 17.4 Å². The Labute approximate surface area is 261 Å². The average molecular weight is 618 g/mol. The maximum atomic E-state index is 14.2. The second kappa shape index (κ2) is 11.5. The minimum Gasteiger partial charge on any atom is -0.507 e. The molecular formula is C34H39N3O8. The minimum atomic E-state index is -2.75. The summed E-state index contributed by atoms with van der Waals surface area (Å²) < 4.78 is 5.53. The van der Waals surface area contributed by atoms with Gasteiger partial charge in [-0.3, -0.25) is 33.8 Å². The number of nitrogens with zero attached hydrogens (tertiary/aromatic N) is 2. The van der Waals surface area contributed by atoms with E-state index in [1.54, 1.807) is 27.3 Å². The maximum absolute atomic E-state index is 14.2. The summed E-state index contributed by atoms with van der Waals surface area (Å²) in [4.78, 5) is 71.3. The van der Waals surface area contributed by atoms with Gasteiger partial charge in [0.2, 0.25) is 5.91 Å². The van der Waals surface area contributed by atoms with Crippen molar-refractivity contribution in [2.75, 3.05) is 34.3 Å². The lowest BCUT2D eigenvalue weighted by Gasteiger charge is -2.52.